The van der Waals surface area contributed by atoms with Crippen molar-refractivity contribution in [2.75, 3.05) is 51.9 Å². The summed E-state index contributed by atoms with van der Waals surface area (Å²) in [6.45, 7) is 2.52. The van der Waals surface area contributed by atoms with Crippen LogP contribution < -0.4 is 19.1 Å². The van der Waals surface area contributed by atoms with Gasteiger partial charge >= 0.3 is 0 Å². The number of amides is 1. The smallest absolute Gasteiger partial charge is 0.260 e. The topological polar surface area (TPSA) is 77.0 Å². The monoisotopic (exact) mass is 468 g/mol. The third kappa shape index (κ3) is 5.46. The maximum atomic E-state index is 12.5. The summed E-state index contributed by atoms with van der Waals surface area (Å²) in [5, 5.41) is 9.35. The summed E-state index contributed by atoms with van der Waals surface area (Å²) < 4.78 is 16.2. The molecule has 0 atom stereocenters. The number of rotatable bonds is 7. The predicted molar refractivity (Wildman–Crippen MR) is 126 cm³/mol. The van der Waals surface area contributed by atoms with Crippen molar-refractivity contribution in [3.8, 4) is 28.5 Å². The van der Waals surface area contributed by atoms with Crippen LogP contribution in [-0.4, -0.2) is 68.0 Å². The van der Waals surface area contributed by atoms with Crippen LogP contribution in [0.3, 0.4) is 0 Å². The Morgan fingerprint density at radius 1 is 0.939 bits per heavy atom. The summed E-state index contributed by atoms with van der Waals surface area (Å²) >= 11 is 5.95. The lowest BCUT2D eigenvalue weighted by Gasteiger charge is -2.35. The molecule has 8 nitrogen and oxygen atoms in total. The highest BCUT2D eigenvalue weighted by Gasteiger charge is 2.22. The predicted octanol–water partition coefficient (Wildman–Crippen LogP) is 3.54. The molecule has 1 aromatic heterocycles. The maximum absolute atomic E-state index is 12.5. The molecular formula is C24H25ClN4O4. The van der Waals surface area contributed by atoms with Gasteiger partial charge in [0.15, 0.2) is 23.9 Å². The van der Waals surface area contributed by atoms with Crippen LogP contribution in [0.4, 0.5) is 5.82 Å². The van der Waals surface area contributed by atoms with Crippen molar-refractivity contribution in [2.24, 2.45) is 0 Å². The highest BCUT2D eigenvalue weighted by Crippen LogP contribution is 2.31. The fraction of sp³-hybridized carbons (Fsp3) is 0.292. The van der Waals surface area contributed by atoms with E-state index < -0.39 is 0 Å². The number of aromatic nitrogens is 2. The van der Waals surface area contributed by atoms with E-state index in [0.717, 1.165) is 17.1 Å². The van der Waals surface area contributed by atoms with Crippen molar-refractivity contribution >= 4 is 23.3 Å². The molecule has 2 heterocycles. The number of carbonyl (C=O) groups excluding carboxylic acids is 1. The van der Waals surface area contributed by atoms with E-state index in [0.29, 0.717) is 48.5 Å². The molecule has 0 N–H and O–H groups in total. The van der Waals surface area contributed by atoms with Gasteiger partial charge in [-0.2, -0.15) is 0 Å². The fourth-order valence-corrected chi connectivity index (χ4v) is 3.80. The zero-order valence-corrected chi connectivity index (χ0v) is 19.3. The Bertz CT molecular complexity index is 1100. The van der Waals surface area contributed by atoms with Crippen molar-refractivity contribution in [3.05, 3.63) is 59.6 Å². The van der Waals surface area contributed by atoms with E-state index >= 15 is 0 Å². The summed E-state index contributed by atoms with van der Waals surface area (Å²) in [5.74, 6) is 2.61. The number of carbonyl (C=O) groups is 1. The summed E-state index contributed by atoms with van der Waals surface area (Å²) in [7, 11) is 3.20. The molecular weight excluding hydrogens is 444 g/mol. The largest absolute Gasteiger partial charge is 0.493 e. The number of anilines is 1. The average Bonchev–Trinajstić information content (AvgIpc) is 2.87. The van der Waals surface area contributed by atoms with Crippen molar-refractivity contribution in [3.63, 3.8) is 0 Å². The third-order valence-corrected chi connectivity index (χ3v) is 5.68. The number of hydrogen-bond acceptors (Lipinski definition) is 7. The normalized spacial score (nSPS) is 13.5. The van der Waals surface area contributed by atoms with Crippen LogP contribution >= 0.6 is 11.6 Å². The minimum Gasteiger partial charge on any atom is -0.493 e. The second kappa shape index (κ2) is 10.4. The summed E-state index contributed by atoms with van der Waals surface area (Å²) in [5.41, 5.74) is 1.63. The van der Waals surface area contributed by atoms with E-state index in [1.807, 2.05) is 30.3 Å². The van der Waals surface area contributed by atoms with Gasteiger partial charge in [-0.05, 0) is 48.5 Å². The van der Waals surface area contributed by atoms with Gasteiger partial charge in [0.1, 0.15) is 5.75 Å². The van der Waals surface area contributed by atoms with Crippen LogP contribution in [0.15, 0.2) is 54.6 Å². The number of hydrogen-bond donors (Lipinski definition) is 0. The van der Waals surface area contributed by atoms with E-state index in [4.69, 9.17) is 25.8 Å². The SMILES string of the molecule is COc1ccc(-c2ccc(N3CCN(C(=O)COc4cccc(Cl)c4)CC3)nn2)cc1OC. The highest BCUT2D eigenvalue weighted by atomic mass is 35.5. The molecule has 0 unspecified atom stereocenters. The van der Waals surface area contributed by atoms with Gasteiger partial charge in [-0.3, -0.25) is 4.79 Å². The molecule has 2 aromatic carbocycles. The van der Waals surface area contributed by atoms with Crippen molar-refractivity contribution < 1.29 is 19.0 Å². The zero-order chi connectivity index (χ0) is 23.2. The third-order valence-electron chi connectivity index (χ3n) is 5.44. The van der Waals surface area contributed by atoms with E-state index in [1.54, 1.807) is 43.4 Å². The molecule has 1 aliphatic heterocycles. The van der Waals surface area contributed by atoms with Gasteiger partial charge in [0.25, 0.3) is 5.91 Å². The molecule has 3 aromatic rings. The van der Waals surface area contributed by atoms with Crippen molar-refractivity contribution in [2.45, 2.75) is 0 Å². The first-order chi connectivity index (χ1) is 16.1. The van der Waals surface area contributed by atoms with Crippen molar-refractivity contribution in [1.29, 1.82) is 0 Å². The van der Waals surface area contributed by atoms with Crippen LogP contribution in [0.25, 0.3) is 11.3 Å². The maximum Gasteiger partial charge on any atom is 0.260 e. The Kier molecular flexibility index (Phi) is 7.14. The van der Waals surface area contributed by atoms with Crippen LogP contribution in [0.5, 0.6) is 17.2 Å². The standard InChI is InChI=1S/C24H25ClN4O4/c1-31-21-8-6-17(14-22(21)32-2)20-7-9-23(27-26-20)28-10-12-29(13-11-28)24(30)16-33-19-5-3-4-18(25)15-19/h3-9,14-15H,10-13,16H2,1-2H3. The first kappa shape index (κ1) is 22.7. The van der Waals surface area contributed by atoms with Gasteiger partial charge < -0.3 is 24.0 Å². The van der Waals surface area contributed by atoms with Gasteiger partial charge in [0, 0.05) is 36.8 Å². The minimum atomic E-state index is -0.0514. The number of ether oxygens (including phenoxy) is 3. The lowest BCUT2D eigenvalue weighted by molar-refractivity contribution is -0.133. The van der Waals surface area contributed by atoms with E-state index in [2.05, 4.69) is 15.1 Å². The van der Waals surface area contributed by atoms with Crippen LogP contribution in [-0.2, 0) is 4.79 Å². The summed E-state index contributed by atoms with van der Waals surface area (Å²) in [6, 6.07) is 16.5. The van der Waals surface area contributed by atoms with Crippen LogP contribution in [0, 0.1) is 0 Å². The quantitative estimate of drug-likeness (QED) is 0.524. The van der Waals surface area contributed by atoms with Gasteiger partial charge in [-0.25, -0.2) is 0 Å². The Morgan fingerprint density at radius 2 is 1.73 bits per heavy atom. The molecule has 1 saturated heterocycles. The zero-order valence-electron chi connectivity index (χ0n) is 18.5. The molecule has 1 amide bonds. The molecule has 0 bridgehead atoms. The Hall–Kier alpha value is -3.52. The van der Waals surface area contributed by atoms with Crippen LogP contribution in [0.2, 0.25) is 5.02 Å². The number of piperazine rings is 1. The first-order valence-electron chi connectivity index (χ1n) is 10.5. The van der Waals surface area contributed by atoms with Crippen LogP contribution in [0.1, 0.15) is 0 Å². The molecule has 172 valence electrons. The summed E-state index contributed by atoms with van der Waals surface area (Å²) in [6.07, 6.45) is 0. The highest BCUT2D eigenvalue weighted by molar-refractivity contribution is 6.30. The van der Waals surface area contributed by atoms with Gasteiger partial charge in [0.05, 0.1) is 19.9 Å². The number of halogens is 1. The molecule has 0 radical (unpaired) electrons. The molecule has 0 spiro atoms. The molecule has 1 fully saturated rings. The minimum absolute atomic E-state index is 0.0137. The number of nitrogens with zero attached hydrogens (tertiary/aromatic N) is 4. The molecule has 0 saturated carbocycles. The fourth-order valence-electron chi connectivity index (χ4n) is 3.62. The van der Waals surface area contributed by atoms with Gasteiger partial charge in [0.2, 0.25) is 0 Å². The van der Waals surface area contributed by atoms with E-state index in [9.17, 15) is 4.79 Å². The lowest BCUT2D eigenvalue weighted by atomic mass is 10.1. The Morgan fingerprint density at radius 3 is 2.39 bits per heavy atom. The number of methoxy groups -OCH3 is 2. The molecule has 33 heavy (non-hydrogen) atoms. The second-order valence-corrected chi connectivity index (χ2v) is 7.90. The molecule has 9 heteroatoms. The van der Waals surface area contributed by atoms with E-state index in [-0.39, 0.29) is 12.5 Å². The number of benzene rings is 2. The first-order valence-corrected chi connectivity index (χ1v) is 10.9. The van der Waals surface area contributed by atoms with Gasteiger partial charge in [-0.1, -0.05) is 17.7 Å². The Balaban J connectivity index is 1.32. The lowest BCUT2D eigenvalue weighted by Crippen LogP contribution is -2.50. The molecule has 4 rings (SSSR count). The molecule has 1 aliphatic rings. The average molecular weight is 469 g/mol. The summed E-state index contributed by atoms with van der Waals surface area (Å²) in [4.78, 5) is 16.4. The molecule has 0 aliphatic carbocycles. The van der Waals surface area contributed by atoms with Gasteiger partial charge in [-0.15, -0.1) is 10.2 Å². The van der Waals surface area contributed by atoms with E-state index in [1.165, 1.54) is 0 Å². The second-order valence-electron chi connectivity index (χ2n) is 7.46. The van der Waals surface area contributed by atoms with Crippen molar-refractivity contribution in [1.82, 2.24) is 15.1 Å². The Labute approximate surface area is 197 Å².